The van der Waals surface area contributed by atoms with Crippen LogP contribution in [0.3, 0.4) is 0 Å². The molecule has 86 valence electrons. The summed E-state index contributed by atoms with van der Waals surface area (Å²) in [6, 6.07) is 0. The lowest BCUT2D eigenvalue weighted by molar-refractivity contribution is -0.139. The Bertz CT molecular complexity index is 217. The molecular weight excluding hydrogens is 188 g/mol. The highest BCUT2D eigenvalue weighted by Crippen LogP contribution is 2.04. The van der Waals surface area contributed by atoms with Gasteiger partial charge in [-0.25, -0.2) is 4.79 Å². The van der Waals surface area contributed by atoms with Crippen LogP contribution < -0.4 is 0 Å². The number of allylic oxidation sites excluding steroid dienone is 2. The van der Waals surface area contributed by atoms with Crippen molar-refractivity contribution in [2.45, 2.75) is 46.0 Å². The maximum absolute atomic E-state index is 11.2. The molecule has 0 unspecified atom stereocenters. The van der Waals surface area contributed by atoms with Crippen molar-refractivity contribution in [2.24, 2.45) is 0 Å². The molecule has 0 saturated heterocycles. The quantitative estimate of drug-likeness (QED) is 0.265. The van der Waals surface area contributed by atoms with Crippen LogP contribution in [0.25, 0.3) is 0 Å². The van der Waals surface area contributed by atoms with Crippen molar-refractivity contribution in [3.63, 3.8) is 0 Å². The van der Waals surface area contributed by atoms with Gasteiger partial charge in [0.05, 0.1) is 6.61 Å². The van der Waals surface area contributed by atoms with Gasteiger partial charge < -0.3 is 4.74 Å². The largest absolute Gasteiger partial charge is 0.462 e. The van der Waals surface area contributed by atoms with Crippen molar-refractivity contribution in [2.75, 3.05) is 6.61 Å². The Kier molecular flexibility index (Phi) is 8.84. The molecular formula is C13H22O2. The third kappa shape index (κ3) is 7.98. The number of rotatable bonds is 8. The van der Waals surface area contributed by atoms with Gasteiger partial charge >= 0.3 is 5.97 Å². The van der Waals surface area contributed by atoms with E-state index in [1.807, 2.05) is 13.0 Å². The molecule has 0 fully saturated rings. The summed E-state index contributed by atoms with van der Waals surface area (Å²) in [6.45, 7) is 7.82. The maximum atomic E-state index is 11.2. The van der Waals surface area contributed by atoms with E-state index in [1.165, 1.54) is 12.8 Å². The molecule has 0 amide bonds. The van der Waals surface area contributed by atoms with Crippen molar-refractivity contribution >= 4 is 5.97 Å². The summed E-state index contributed by atoms with van der Waals surface area (Å²) in [5.74, 6) is -0.191. The molecule has 0 atom stereocenters. The number of carbonyl (C=O) groups excluding carboxylic acids is 1. The zero-order valence-corrected chi connectivity index (χ0v) is 9.92. The molecule has 2 heteroatoms. The predicted octanol–water partition coefficient (Wildman–Crippen LogP) is 3.63. The zero-order valence-electron chi connectivity index (χ0n) is 9.92. The van der Waals surface area contributed by atoms with E-state index in [4.69, 9.17) is 4.74 Å². The van der Waals surface area contributed by atoms with Crippen LogP contribution in [0.1, 0.15) is 46.0 Å². The molecule has 0 aliphatic carbocycles. The average molecular weight is 210 g/mol. The summed E-state index contributed by atoms with van der Waals surface area (Å²) >= 11 is 0. The first kappa shape index (κ1) is 13.9. The average Bonchev–Trinajstić information content (AvgIpc) is 2.26. The van der Waals surface area contributed by atoms with Crippen LogP contribution in [0.4, 0.5) is 0 Å². The Morgan fingerprint density at radius 2 is 1.93 bits per heavy atom. The van der Waals surface area contributed by atoms with Crippen molar-refractivity contribution in [3.8, 4) is 0 Å². The van der Waals surface area contributed by atoms with Crippen LogP contribution >= 0.6 is 0 Å². The van der Waals surface area contributed by atoms with Gasteiger partial charge in [0.1, 0.15) is 0 Å². The number of ether oxygens (including phenoxy) is 1. The molecule has 0 bridgehead atoms. The van der Waals surface area contributed by atoms with Gasteiger partial charge in [-0.2, -0.15) is 0 Å². The zero-order chi connectivity index (χ0) is 11.5. The number of hydrogen-bond acceptors (Lipinski definition) is 2. The minimum absolute atomic E-state index is 0.191. The highest BCUT2D eigenvalue weighted by atomic mass is 16.5. The molecule has 0 aromatic heterocycles. The van der Waals surface area contributed by atoms with Gasteiger partial charge in [-0.3, -0.25) is 0 Å². The van der Waals surface area contributed by atoms with Gasteiger partial charge in [-0.1, -0.05) is 25.0 Å². The summed E-state index contributed by atoms with van der Waals surface area (Å²) in [6.07, 6.45) is 9.24. The molecule has 0 heterocycles. The fourth-order valence-corrected chi connectivity index (χ4v) is 1.14. The third-order valence-electron chi connectivity index (χ3n) is 2.29. The molecule has 0 spiro atoms. The Labute approximate surface area is 93.0 Å². The summed E-state index contributed by atoms with van der Waals surface area (Å²) in [7, 11) is 0. The van der Waals surface area contributed by atoms with Crippen LogP contribution in [0.5, 0.6) is 0 Å². The van der Waals surface area contributed by atoms with Gasteiger partial charge in [-0.05, 0) is 33.1 Å². The lowest BCUT2D eigenvalue weighted by atomic mass is 10.1. The summed E-state index contributed by atoms with van der Waals surface area (Å²) in [5, 5.41) is 0. The summed E-state index contributed by atoms with van der Waals surface area (Å²) in [5.41, 5.74) is 0.682. The SMILES string of the molecule is C=CCCCCCCOC(=O)/C(C)=C/C. The molecule has 0 aliphatic heterocycles. The third-order valence-corrected chi connectivity index (χ3v) is 2.29. The van der Waals surface area contributed by atoms with Crippen molar-refractivity contribution in [3.05, 3.63) is 24.3 Å². The van der Waals surface area contributed by atoms with Gasteiger partial charge in [0.2, 0.25) is 0 Å². The van der Waals surface area contributed by atoms with Crippen molar-refractivity contribution < 1.29 is 9.53 Å². The lowest BCUT2D eigenvalue weighted by Gasteiger charge is -2.04. The van der Waals surface area contributed by atoms with Crippen LogP contribution in [0.15, 0.2) is 24.3 Å². The Balaban J connectivity index is 3.31. The van der Waals surface area contributed by atoms with Crippen molar-refractivity contribution in [1.82, 2.24) is 0 Å². The second-order valence-corrected chi connectivity index (χ2v) is 3.60. The van der Waals surface area contributed by atoms with E-state index in [9.17, 15) is 4.79 Å². The van der Waals surface area contributed by atoms with Gasteiger partial charge in [0.25, 0.3) is 0 Å². The van der Waals surface area contributed by atoms with Gasteiger partial charge in [0, 0.05) is 5.57 Å². The van der Waals surface area contributed by atoms with Crippen LogP contribution in [0, 0.1) is 0 Å². The Hall–Kier alpha value is -1.05. The number of carbonyl (C=O) groups is 1. The van der Waals surface area contributed by atoms with E-state index in [0.29, 0.717) is 12.2 Å². The summed E-state index contributed by atoms with van der Waals surface area (Å²) < 4.78 is 5.07. The highest BCUT2D eigenvalue weighted by Gasteiger charge is 2.02. The molecule has 0 rings (SSSR count). The first-order chi connectivity index (χ1) is 7.22. The van der Waals surface area contributed by atoms with Gasteiger partial charge in [-0.15, -0.1) is 6.58 Å². The molecule has 0 N–H and O–H groups in total. The number of hydrogen-bond donors (Lipinski definition) is 0. The van der Waals surface area contributed by atoms with E-state index < -0.39 is 0 Å². The fraction of sp³-hybridized carbons (Fsp3) is 0.615. The topological polar surface area (TPSA) is 26.3 Å². The second-order valence-electron chi connectivity index (χ2n) is 3.60. The first-order valence-corrected chi connectivity index (χ1v) is 5.63. The highest BCUT2D eigenvalue weighted by molar-refractivity contribution is 5.87. The van der Waals surface area contributed by atoms with Crippen LogP contribution in [-0.4, -0.2) is 12.6 Å². The lowest BCUT2D eigenvalue weighted by Crippen LogP contribution is -2.06. The fourth-order valence-electron chi connectivity index (χ4n) is 1.14. The molecule has 0 aliphatic rings. The smallest absolute Gasteiger partial charge is 0.333 e. The van der Waals surface area contributed by atoms with E-state index in [0.717, 1.165) is 19.3 Å². The predicted molar refractivity (Wildman–Crippen MR) is 63.7 cm³/mol. The van der Waals surface area contributed by atoms with E-state index in [2.05, 4.69) is 6.58 Å². The van der Waals surface area contributed by atoms with E-state index in [1.54, 1.807) is 13.0 Å². The molecule has 0 radical (unpaired) electrons. The molecule has 15 heavy (non-hydrogen) atoms. The van der Waals surface area contributed by atoms with Crippen molar-refractivity contribution in [1.29, 1.82) is 0 Å². The molecule has 0 aromatic carbocycles. The monoisotopic (exact) mass is 210 g/mol. The Morgan fingerprint density at radius 3 is 2.53 bits per heavy atom. The Morgan fingerprint density at radius 1 is 1.27 bits per heavy atom. The van der Waals surface area contributed by atoms with Crippen LogP contribution in [0.2, 0.25) is 0 Å². The molecule has 0 saturated carbocycles. The molecule has 2 nitrogen and oxygen atoms in total. The standard InChI is InChI=1S/C13H22O2/c1-4-6-7-8-9-10-11-15-13(14)12(3)5-2/h4-5H,1,6-11H2,2-3H3/b12-5+. The van der Waals surface area contributed by atoms with Crippen LogP contribution in [-0.2, 0) is 9.53 Å². The maximum Gasteiger partial charge on any atom is 0.333 e. The van der Waals surface area contributed by atoms with Gasteiger partial charge in [0.15, 0.2) is 0 Å². The van der Waals surface area contributed by atoms with E-state index >= 15 is 0 Å². The second kappa shape index (κ2) is 9.50. The normalized spacial score (nSPS) is 11.2. The number of unbranched alkanes of at least 4 members (excludes halogenated alkanes) is 4. The minimum Gasteiger partial charge on any atom is -0.462 e. The minimum atomic E-state index is -0.191. The first-order valence-electron chi connectivity index (χ1n) is 5.63. The van der Waals surface area contributed by atoms with E-state index in [-0.39, 0.29) is 5.97 Å². The summed E-state index contributed by atoms with van der Waals surface area (Å²) in [4.78, 5) is 11.2. The number of esters is 1. The molecule has 0 aromatic rings.